The third-order valence-electron chi connectivity index (χ3n) is 2.69. The van der Waals surface area contributed by atoms with E-state index in [0.717, 1.165) is 0 Å². The summed E-state index contributed by atoms with van der Waals surface area (Å²) in [5.41, 5.74) is 1.05. The maximum absolute atomic E-state index is 12.2. The Hall–Kier alpha value is -2.87. The van der Waals surface area contributed by atoms with Gasteiger partial charge >= 0.3 is 0 Å². The number of H-pyrrole nitrogens is 1. The fourth-order valence-corrected chi connectivity index (χ4v) is 1.67. The predicted octanol–water partition coefficient (Wildman–Crippen LogP) is 1.52. The molecule has 1 N–H and O–H groups in total. The highest BCUT2D eigenvalue weighted by atomic mass is 16.2. The molecule has 0 spiro atoms. The van der Waals surface area contributed by atoms with E-state index in [2.05, 4.69) is 4.98 Å². The minimum atomic E-state index is -0.329. The Balaban J connectivity index is 2.33. The molecule has 0 bridgehead atoms. The largest absolute Gasteiger partial charge is 0.329 e. The standard InChI is InChI=1S/C14H11N3O2/c1-17(12-4-2-3-10(7-12)9-15)14(19)11-5-6-16-13(18)8-11/h2-8H,1H3,(H,16,18). The lowest BCUT2D eigenvalue weighted by atomic mass is 10.2. The molecule has 2 aromatic rings. The fourth-order valence-electron chi connectivity index (χ4n) is 1.67. The average molecular weight is 253 g/mol. The first-order chi connectivity index (χ1) is 9.11. The maximum Gasteiger partial charge on any atom is 0.258 e. The number of aromatic amines is 1. The quantitative estimate of drug-likeness (QED) is 0.881. The summed E-state index contributed by atoms with van der Waals surface area (Å²) in [6.07, 6.45) is 1.43. The second-order valence-electron chi connectivity index (χ2n) is 3.97. The number of amides is 1. The second kappa shape index (κ2) is 5.19. The van der Waals surface area contributed by atoms with E-state index in [4.69, 9.17) is 5.26 Å². The highest BCUT2D eigenvalue weighted by Gasteiger charge is 2.13. The van der Waals surface area contributed by atoms with Crippen LogP contribution in [0.1, 0.15) is 15.9 Å². The number of anilines is 1. The Morgan fingerprint density at radius 2 is 2.11 bits per heavy atom. The SMILES string of the molecule is CN(C(=O)c1cc[nH]c(=O)c1)c1cccc(C#N)c1. The molecule has 19 heavy (non-hydrogen) atoms. The van der Waals surface area contributed by atoms with Gasteiger partial charge in [-0.1, -0.05) is 6.07 Å². The molecule has 0 saturated carbocycles. The van der Waals surface area contributed by atoms with Crippen LogP contribution < -0.4 is 10.5 Å². The van der Waals surface area contributed by atoms with Crippen molar-refractivity contribution >= 4 is 11.6 Å². The zero-order valence-electron chi connectivity index (χ0n) is 10.3. The maximum atomic E-state index is 12.2. The van der Waals surface area contributed by atoms with Gasteiger partial charge < -0.3 is 9.88 Å². The molecule has 0 radical (unpaired) electrons. The molecule has 0 aliphatic carbocycles. The molecule has 5 heteroatoms. The molecular weight excluding hydrogens is 242 g/mol. The molecule has 0 fully saturated rings. The van der Waals surface area contributed by atoms with Crippen molar-refractivity contribution < 1.29 is 4.79 Å². The summed E-state index contributed by atoms with van der Waals surface area (Å²) in [5, 5.41) is 8.84. The van der Waals surface area contributed by atoms with E-state index in [1.165, 1.54) is 23.2 Å². The van der Waals surface area contributed by atoms with Gasteiger partial charge in [-0.2, -0.15) is 5.26 Å². The van der Waals surface area contributed by atoms with Gasteiger partial charge in [-0.25, -0.2) is 0 Å². The van der Waals surface area contributed by atoms with Gasteiger partial charge in [0.1, 0.15) is 0 Å². The Bertz CT molecular complexity index is 713. The molecule has 1 aromatic carbocycles. The molecule has 5 nitrogen and oxygen atoms in total. The Morgan fingerprint density at radius 1 is 1.32 bits per heavy atom. The van der Waals surface area contributed by atoms with Gasteiger partial charge in [-0.05, 0) is 24.3 Å². The molecule has 0 saturated heterocycles. The summed E-state index contributed by atoms with van der Waals surface area (Å²) < 4.78 is 0. The Labute approximate surface area is 109 Å². The molecule has 0 aliphatic rings. The van der Waals surface area contributed by atoms with Crippen LogP contribution in [0.4, 0.5) is 5.69 Å². The molecule has 0 aliphatic heterocycles. The normalized spacial score (nSPS) is 9.68. The molecule has 2 rings (SSSR count). The van der Waals surface area contributed by atoms with E-state index in [0.29, 0.717) is 16.8 Å². The highest BCUT2D eigenvalue weighted by molar-refractivity contribution is 6.05. The van der Waals surface area contributed by atoms with Crippen molar-refractivity contribution in [1.29, 1.82) is 5.26 Å². The van der Waals surface area contributed by atoms with Gasteiger partial charge in [0.15, 0.2) is 0 Å². The first-order valence-electron chi connectivity index (χ1n) is 5.59. The summed E-state index contributed by atoms with van der Waals surface area (Å²) in [6, 6.07) is 11.5. The second-order valence-corrected chi connectivity index (χ2v) is 3.97. The topological polar surface area (TPSA) is 77.0 Å². The minimum Gasteiger partial charge on any atom is -0.329 e. The van der Waals surface area contributed by atoms with Crippen molar-refractivity contribution in [2.45, 2.75) is 0 Å². The van der Waals surface area contributed by atoms with Crippen molar-refractivity contribution in [3.63, 3.8) is 0 Å². The van der Waals surface area contributed by atoms with Crippen molar-refractivity contribution in [2.24, 2.45) is 0 Å². The van der Waals surface area contributed by atoms with Crippen LogP contribution in [0.2, 0.25) is 0 Å². The van der Waals surface area contributed by atoms with Crippen LogP contribution >= 0.6 is 0 Å². The van der Waals surface area contributed by atoms with E-state index < -0.39 is 0 Å². The lowest BCUT2D eigenvalue weighted by Crippen LogP contribution is -2.27. The Morgan fingerprint density at radius 3 is 2.79 bits per heavy atom. The first-order valence-corrected chi connectivity index (χ1v) is 5.59. The van der Waals surface area contributed by atoms with Gasteiger partial charge in [0.2, 0.25) is 5.56 Å². The van der Waals surface area contributed by atoms with Crippen LogP contribution in [0.5, 0.6) is 0 Å². The number of nitriles is 1. The lowest BCUT2D eigenvalue weighted by Gasteiger charge is -2.17. The minimum absolute atomic E-state index is 0.300. The number of hydrogen-bond acceptors (Lipinski definition) is 3. The predicted molar refractivity (Wildman–Crippen MR) is 71.0 cm³/mol. The van der Waals surface area contributed by atoms with E-state index in [-0.39, 0.29) is 11.5 Å². The number of nitrogens with one attached hydrogen (secondary N) is 1. The smallest absolute Gasteiger partial charge is 0.258 e. The number of rotatable bonds is 2. The summed E-state index contributed by atoms with van der Waals surface area (Å²) in [7, 11) is 1.60. The van der Waals surface area contributed by atoms with Gasteiger partial charge in [-0.15, -0.1) is 0 Å². The van der Waals surface area contributed by atoms with Crippen LogP contribution in [0.25, 0.3) is 0 Å². The van der Waals surface area contributed by atoms with Crippen LogP contribution in [-0.2, 0) is 0 Å². The fraction of sp³-hybridized carbons (Fsp3) is 0.0714. The van der Waals surface area contributed by atoms with Crippen molar-refractivity contribution in [3.8, 4) is 6.07 Å². The third kappa shape index (κ3) is 2.69. The zero-order chi connectivity index (χ0) is 13.8. The van der Waals surface area contributed by atoms with Crippen LogP contribution in [0, 0.1) is 11.3 Å². The number of benzene rings is 1. The molecule has 0 atom stereocenters. The van der Waals surface area contributed by atoms with E-state index in [1.54, 1.807) is 31.3 Å². The summed E-state index contributed by atoms with van der Waals surface area (Å²) in [4.78, 5) is 27.2. The number of carbonyl (C=O) groups is 1. The monoisotopic (exact) mass is 253 g/mol. The Kier molecular flexibility index (Phi) is 3.44. The van der Waals surface area contributed by atoms with Gasteiger partial charge in [0, 0.05) is 30.6 Å². The molecular formula is C14H11N3O2. The van der Waals surface area contributed by atoms with E-state index >= 15 is 0 Å². The number of pyridine rings is 1. The highest BCUT2D eigenvalue weighted by Crippen LogP contribution is 2.16. The average Bonchev–Trinajstić information content (AvgIpc) is 2.45. The van der Waals surface area contributed by atoms with E-state index in [1.807, 2.05) is 6.07 Å². The molecule has 1 heterocycles. The van der Waals surface area contributed by atoms with Gasteiger partial charge in [0.05, 0.1) is 11.6 Å². The van der Waals surface area contributed by atoms with Gasteiger partial charge in [-0.3, -0.25) is 9.59 Å². The van der Waals surface area contributed by atoms with Crippen molar-refractivity contribution in [2.75, 3.05) is 11.9 Å². The number of hydrogen-bond donors (Lipinski definition) is 1. The van der Waals surface area contributed by atoms with Crippen LogP contribution in [0.15, 0.2) is 47.4 Å². The summed E-state index contributed by atoms with van der Waals surface area (Å²) in [6.45, 7) is 0. The van der Waals surface area contributed by atoms with E-state index in [9.17, 15) is 9.59 Å². The number of nitrogens with zero attached hydrogens (tertiary/aromatic N) is 2. The summed E-state index contributed by atoms with van der Waals surface area (Å²) in [5.74, 6) is -0.304. The zero-order valence-corrected chi connectivity index (χ0v) is 10.3. The number of carbonyl (C=O) groups excluding carboxylic acids is 1. The summed E-state index contributed by atoms with van der Waals surface area (Å²) >= 11 is 0. The molecule has 0 unspecified atom stereocenters. The molecule has 94 valence electrons. The van der Waals surface area contributed by atoms with Crippen LogP contribution in [0.3, 0.4) is 0 Å². The van der Waals surface area contributed by atoms with Crippen molar-refractivity contribution in [1.82, 2.24) is 4.98 Å². The number of aromatic nitrogens is 1. The lowest BCUT2D eigenvalue weighted by molar-refractivity contribution is 0.0993. The third-order valence-corrected chi connectivity index (χ3v) is 2.69. The van der Waals surface area contributed by atoms with Crippen molar-refractivity contribution in [3.05, 3.63) is 64.1 Å². The molecule has 1 amide bonds. The van der Waals surface area contributed by atoms with Crippen LogP contribution in [-0.4, -0.2) is 17.9 Å². The molecule has 1 aromatic heterocycles. The van der Waals surface area contributed by atoms with Gasteiger partial charge in [0.25, 0.3) is 5.91 Å². The first kappa shape index (κ1) is 12.6.